The van der Waals surface area contributed by atoms with Crippen molar-refractivity contribution in [1.29, 1.82) is 0 Å². The summed E-state index contributed by atoms with van der Waals surface area (Å²) in [6, 6.07) is 12.4. The van der Waals surface area contributed by atoms with Gasteiger partial charge in [-0.3, -0.25) is 4.79 Å². The third kappa shape index (κ3) is 2.06. The quantitative estimate of drug-likeness (QED) is 0.729. The molecule has 1 heterocycles. The molecule has 3 aromatic rings. The Kier molecular flexibility index (Phi) is 2.93. The molecular weight excluding hydrogens is 242 g/mol. The summed E-state index contributed by atoms with van der Waals surface area (Å²) in [6.07, 6.45) is 0. The Balaban J connectivity index is 2.24. The van der Waals surface area contributed by atoms with Crippen LogP contribution in [0.25, 0.3) is 21.9 Å². The highest BCUT2D eigenvalue weighted by atomic mass is 16.5. The number of rotatable bonds is 3. The minimum Gasteiger partial charge on any atom is -0.492 e. The third-order valence-corrected chi connectivity index (χ3v) is 2.93. The van der Waals surface area contributed by atoms with Crippen molar-refractivity contribution in [3.8, 4) is 5.75 Å². The summed E-state index contributed by atoms with van der Waals surface area (Å²) in [5.41, 5.74) is 6.49. The number of hydrogen-bond acceptors (Lipinski definition) is 4. The van der Waals surface area contributed by atoms with Crippen LogP contribution < -0.4 is 15.9 Å². The highest BCUT2D eigenvalue weighted by molar-refractivity contribution is 5.90. The summed E-state index contributed by atoms with van der Waals surface area (Å²) >= 11 is 0. The maximum Gasteiger partial charge on any atom is 0.200 e. The summed E-state index contributed by atoms with van der Waals surface area (Å²) < 4.78 is 11.1. The molecule has 3 rings (SSSR count). The van der Waals surface area contributed by atoms with Crippen LogP contribution in [0, 0.1) is 0 Å². The van der Waals surface area contributed by atoms with Gasteiger partial charge in [-0.15, -0.1) is 0 Å². The van der Waals surface area contributed by atoms with E-state index in [1.165, 1.54) is 0 Å². The van der Waals surface area contributed by atoms with Gasteiger partial charge < -0.3 is 14.9 Å². The standard InChI is InChI=1S/C15H13NO3/c16-7-8-18-10-5-6-14-12(9-10)15(17)11-3-1-2-4-13(11)19-14/h1-6,9H,7-8,16H2. The minimum atomic E-state index is -0.0463. The monoisotopic (exact) mass is 255 g/mol. The average Bonchev–Trinajstić information content (AvgIpc) is 2.46. The fourth-order valence-electron chi connectivity index (χ4n) is 2.05. The van der Waals surface area contributed by atoms with Crippen molar-refractivity contribution in [2.24, 2.45) is 5.73 Å². The van der Waals surface area contributed by atoms with Gasteiger partial charge in [-0.2, -0.15) is 0 Å². The molecule has 0 saturated heterocycles. The molecule has 0 radical (unpaired) electrons. The molecule has 0 unspecified atom stereocenters. The fourth-order valence-corrected chi connectivity index (χ4v) is 2.05. The lowest BCUT2D eigenvalue weighted by molar-refractivity contribution is 0.328. The lowest BCUT2D eigenvalue weighted by Crippen LogP contribution is -2.10. The molecular formula is C15H13NO3. The summed E-state index contributed by atoms with van der Waals surface area (Å²) in [7, 11) is 0. The van der Waals surface area contributed by atoms with Gasteiger partial charge in [-0.1, -0.05) is 12.1 Å². The van der Waals surface area contributed by atoms with Gasteiger partial charge in [0.2, 0.25) is 5.43 Å². The normalized spacial score (nSPS) is 11.0. The van der Waals surface area contributed by atoms with Gasteiger partial charge >= 0.3 is 0 Å². The molecule has 19 heavy (non-hydrogen) atoms. The Hall–Kier alpha value is -2.33. The summed E-state index contributed by atoms with van der Waals surface area (Å²) in [6.45, 7) is 0.856. The zero-order chi connectivity index (χ0) is 13.2. The SMILES string of the molecule is NCCOc1ccc2oc3ccccc3c(=O)c2c1. The van der Waals surface area contributed by atoms with Gasteiger partial charge in [0.15, 0.2) is 0 Å². The third-order valence-electron chi connectivity index (χ3n) is 2.93. The maximum absolute atomic E-state index is 12.4. The second-order valence-corrected chi connectivity index (χ2v) is 4.22. The molecule has 0 aliphatic carbocycles. The van der Waals surface area contributed by atoms with E-state index in [-0.39, 0.29) is 5.43 Å². The largest absolute Gasteiger partial charge is 0.492 e. The van der Waals surface area contributed by atoms with Crippen LogP contribution in [-0.2, 0) is 0 Å². The van der Waals surface area contributed by atoms with Crippen molar-refractivity contribution in [3.05, 3.63) is 52.7 Å². The van der Waals surface area contributed by atoms with Crippen molar-refractivity contribution in [3.63, 3.8) is 0 Å². The second kappa shape index (κ2) is 4.74. The first-order chi connectivity index (χ1) is 9.29. The Bertz CT molecular complexity index is 792. The van der Waals surface area contributed by atoms with Crippen LogP contribution in [0.1, 0.15) is 0 Å². The smallest absolute Gasteiger partial charge is 0.200 e. The summed E-state index contributed by atoms with van der Waals surface area (Å²) in [4.78, 5) is 12.4. The molecule has 1 aromatic heterocycles. The number of para-hydroxylation sites is 1. The molecule has 4 heteroatoms. The van der Waals surface area contributed by atoms with E-state index in [1.807, 2.05) is 12.1 Å². The van der Waals surface area contributed by atoms with Crippen molar-refractivity contribution >= 4 is 21.9 Å². The first kappa shape index (κ1) is 11.7. The van der Waals surface area contributed by atoms with E-state index in [0.29, 0.717) is 40.8 Å². The summed E-state index contributed by atoms with van der Waals surface area (Å²) in [5.74, 6) is 0.625. The van der Waals surface area contributed by atoms with E-state index in [2.05, 4.69) is 0 Å². The number of benzene rings is 2. The molecule has 2 aromatic carbocycles. The predicted octanol–water partition coefficient (Wildman–Crippen LogP) is 2.28. The van der Waals surface area contributed by atoms with Crippen LogP contribution in [0.4, 0.5) is 0 Å². The topological polar surface area (TPSA) is 65.5 Å². The van der Waals surface area contributed by atoms with Crippen LogP contribution in [-0.4, -0.2) is 13.2 Å². The molecule has 0 saturated carbocycles. The number of nitrogens with two attached hydrogens (primary N) is 1. The fraction of sp³-hybridized carbons (Fsp3) is 0.133. The van der Waals surface area contributed by atoms with Crippen molar-refractivity contribution < 1.29 is 9.15 Å². The minimum absolute atomic E-state index is 0.0463. The number of fused-ring (bicyclic) bond motifs is 2. The van der Waals surface area contributed by atoms with E-state index >= 15 is 0 Å². The number of ether oxygens (including phenoxy) is 1. The first-order valence-corrected chi connectivity index (χ1v) is 6.08. The predicted molar refractivity (Wildman–Crippen MR) is 74.5 cm³/mol. The van der Waals surface area contributed by atoms with Crippen molar-refractivity contribution in [2.75, 3.05) is 13.2 Å². The van der Waals surface area contributed by atoms with Gasteiger partial charge in [0.1, 0.15) is 23.5 Å². The molecule has 0 atom stereocenters. The van der Waals surface area contributed by atoms with E-state index < -0.39 is 0 Å². The zero-order valence-electron chi connectivity index (χ0n) is 10.3. The molecule has 96 valence electrons. The van der Waals surface area contributed by atoms with E-state index in [1.54, 1.807) is 30.3 Å². The Labute approximate surface area is 109 Å². The van der Waals surface area contributed by atoms with Crippen molar-refractivity contribution in [1.82, 2.24) is 0 Å². The van der Waals surface area contributed by atoms with E-state index in [0.717, 1.165) is 0 Å². The Morgan fingerprint density at radius 2 is 1.84 bits per heavy atom. The molecule has 0 aliphatic heterocycles. The molecule has 0 spiro atoms. The summed E-state index contributed by atoms with van der Waals surface area (Å²) in [5, 5.41) is 1.10. The van der Waals surface area contributed by atoms with Gasteiger partial charge in [0.25, 0.3) is 0 Å². The Morgan fingerprint density at radius 1 is 1.05 bits per heavy atom. The van der Waals surface area contributed by atoms with E-state index in [9.17, 15) is 4.79 Å². The lowest BCUT2D eigenvalue weighted by atomic mass is 10.1. The van der Waals surface area contributed by atoms with Gasteiger partial charge in [-0.05, 0) is 30.3 Å². The molecule has 0 aliphatic rings. The van der Waals surface area contributed by atoms with Crippen LogP contribution in [0.15, 0.2) is 51.7 Å². The van der Waals surface area contributed by atoms with Crippen LogP contribution >= 0.6 is 0 Å². The highest BCUT2D eigenvalue weighted by Crippen LogP contribution is 2.22. The lowest BCUT2D eigenvalue weighted by Gasteiger charge is -2.06. The molecule has 0 bridgehead atoms. The second-order valence-electron chi connectivity index (χ2n) is 4.22. The van der Waals surface area contributed by atoms with Gasteiger partial charge in [0.05, 0.1) is 10.8 Å². The molecule has 4 nitrogen and oxygen atoms in total. The van der Waals surface area contributed by atoms with E-state index in [4.69, 9.17) is 14.9 Å². The first-order valence-electron chi connectivity index (χ1n) is 6.08. The average molecular weight is 255 g/mol. The number of hydrogen-bond donors (Lipinski definition) is 1. The molecule has 0 fully saturated rings. The van der Waals surface area contributed by atoms with Crippen LogP contribution in [0.3, 0.4) is 0 Å². The zero-order valence-corrected chi connectivity index (χ0v) is 10.3. The maximum atomic E-state index is 12.4. The Morgan fingerprint density at radius 3 is 2.68 bits per heavy atom. The van der Waals surface area contributed by atoms with Crippen LogP contribution in [0.5, 0.6) is 5.75 Å². The van der Waals surface area contributed by atoms with Crippen LogP contribution in [0.2, 0.25) is 0 Å². The molecule has 2 N–H and O–H groups in total. The molecule has 0 amide bonds. The highest BCUT2D eigenvalue weighted by Gasteiger charge is 2.08. The van der Waals surface area contributed by atoms with Gasteiger partial charge in [0, 0.05) is 6.54 Å². The van der Waals surface area contributed by atoms with Crippen molar-refractivity contribution in [2.45, 2.75) is 0 Å². The van der Waals surface area contributed by atoms with Gasteiger partial charge in [-0.25, -0.2) is 0 Å².